The summed E-state index contributed by atoms with van der Waals surface area (Å²) < 4.78 is 10.8. The molecule has 4 rings (SSSR count). The highest BCUT2D eigenvalue weighted by atomic mass is 16.6. The van der Waals surface area contributed by atoms with Gasteiger partial charge in [-0.1, -0.05) is 12.1 Å². The number of ether oxygens (including phenoxy) is 1. The Morgan fingerprint density at radius 1 is 1.17 bits per heavy atom. The van der Waals surface area contributed by atoms with E-state index in [0.29, 0.717) is 25.1 Å². The summed E-state index contributed by atoms with van der Waals surface area (Å²) in [5.74, 6) is -0.160. The molecule has 1 saturated heterocycles. The van der Waals surface area contributed by atoms with Gasteiger partial charge in [0.1, 0.15) is 11.2 Å². The SMILES string of the molecule is CC(C)(C)OC(=O)N1CCC(NC(=O)c2ccc(-c3nccc4occc34)cc2)C1. The van der Waals surface area contributed by atoms with Crippen LogP contribution in [-0.4, -0.2) is 46.6 Å². The first-order valence-corrected chi connectivity index (χ1v) is 10.0. The fraction of sp³-hybridized carbons (Fsp3) is 0.348. The Balaban J connectivity index is 1.39. The Morgan fingerprint density at radius 3 is 2.67 bits per heavy atom. The number of benzene rings is 1. The number of hydrogen-bond donors (Lipinski definition) is 1. The fourth-order valence-electron chi connectivity index (χ4n) is 3.54. The molecule has 1 atom stereocenters. The van der Waals surface area contributed by atoms with Gasteiger partial charge in [-0.2, -0.15) is 0 Å². The molecular formula is C23H25N3O4. The molecule has 0 spiro atoms. The molecule has 1 aliphatic rings. The number of amides is 2. The van der Waals surface area contributed by atoms with Crippen LogP contribution in [0.2, 0.25) is 0 Å². The first-order valence-electron chi connectivity index (χ1n) is 10.0. The molecular weight excluding hydrogens is 382 g/mol. The molecule has 7 heteroatoms. The van der Waals surface area contributed by atoms with Crippen molar-refractivity contribution in [2.45, 2.75) is 38.8 Å². The second-order valence-corrected chi connectivity index (χ2v) is 8.45. The van der Waals surface area contributed by atoms with Crippen LogP contribution in [0.15, 0.2) is 53.3 Å². The molecule has 1 aliphatic heterocycles. The highest BCUT2D eigenvalue weighted by Crippen LogP contribution is 2.27. The zero-order valence-corrected chi connectivity index (χ0v) is 17.3. The standard InChI is InChI=1S/C23H25N3O4/c1-23(2,3)30-22(28)26-12-9-17(14-26)25-21(27)16-6-4-15(5-7-16)20-18-10-13-29-19(18)8-11-24-20/h4-8,10-11,13,17H,9,12,14H2,1-3H3,(H,25,27). The summed E-state index contributed by atoms with van der Waals surface area (Å²) in [5.41, 5.74) is 2.54. The quantitative estimate of drug-likeness (QED) is 0.702. The van der Waals surface area contributed by atoms with Gasteiger partial charge in [-0.05, 0) is 51.5 Å². The van der Waals surface area contributed by atoms with Crippen molar-refractivity contribution in [2.24, 2.45) is 0 Å². The fourth-order valence-corrected chi connectivity index (χ4v) is 3.54. The van der Waals surface area contributed by atoms with E-state index in [-0.39, 0.29) is 18.0 Å². The molecule has 1 aromatic carbocycles. The third-order valence-electron chi connectivity index (χ3n) is 4.98. The van der Waals surface area contributed by atoms with E-state index in [4.69, 9.17) is 9.15 Å². The zero-order chi connectivity index (χ0) is 21.3. The second-order valence-electron chi connectivity index (χ2n) is 8.45. The van der Waals surface area contributed by atoms with Crippen LogP contribution < -0.4 is 5.32 Å². The van der Waals surface area contributed by atoms with E-state index < -0.39 is 5.60 Å². The Kier molecular flexibility index (Phi) is 5.20. The van der Waals surface area contributed by atoms with Crippen molar-refractivity contribution < 1.29 is 18.7 Å². The summed E-state index contributed by atoms with van der Waals surface area (Å²) in [5, 5.41) is 3.94. The molecule has 30 heavy (non-hydrogen) atoms. The van der Waals surface area contributed by atoms with Crippen LogP contribution in [0.3, 0.4) is 0 Å². The van der Waals surface area contributed by atoms with E-state index in [9.17, 15) is 9.59 Å². The van der Waals surface area contributed by atoms with Crippen LogP contribution in [-0.2, 0) is 4.74 Å². The molecule has 0 saturated carbocycles. The summed E-state index contributed by atoms with van der Waals surface area (Å²) in [7, 11) is 0. The number of fused-ring (bicyclic) bond motifs is 1. The summed E-state index contributed by atoms with van der Waals surface area (Å²) >= 11 is 0. The zero-order valence-electron chi connectivity index (χ0n) is 17.3. The Hall–Kier alpha value is -3.35. The number of carbonyl (C=O) groups is 2. The van der Waals surface area contributed by atoms with Crippen molar-refractivity contribution in [3.05, 3.63) is 54.4 Å². The van der Waals surface area contributed by atoms with Crippen molar-refractivity contribution in [1.82, 2.24) is 15.2 Å². The predicted octanol–water partition coefficient (Wildman–Crippen LogP) is 4.23. The molecule has 3 heterocycles. The van der Waals surface area contributed by atoms with E-state index in [1.807, 2.05) is 45.0 Å². The van der Waals surface area contributed by atoms with Crippen molar-refractivity contribution in [1.29, 1.82) is 0 Å². The van der Waals surface area contributed by atoms with Gasteiger partial charge in [0.15, 0.2) is 0 Å². The molecule has 2 aromatic heterocycles. The molecule has 7 nitrogen and oxygen atoms in total. The minimum Gasteiger partial charge on any atom is -0.464 e. The van der Waals surface area contributed by atoms with Gasteiger partial charge >= 0.3 is 6.09 Å². The summed E-state index contributed by atoms with van der Waals surface area (Å²) in [4.78, 5) is 30.9. The lowest BCUT2D eigenvalue weighted by Crippen LogP contribution is -2.40. The lowest BCUT2D eigenvalue weighted by Gasteiger charge is -2.24. The maximum absolute atomic E-state index is 12.6. The molecule has 1 N–H and O–H groups in total. The summed E-state index contributed by atoms with van der Waals surface area (Å²) in [6.45, 7) is 6.54. The lowest BCUT2D eigenvalue weighted by molar-refractivity contribution is 0.0290. The Bertz CT molecular complexity index is 1070. The second kappa shape index (κ2) is 7.82. The van der Waals surface area contributed by atoms with E-state index in [1.165, 1.54) is 0 Å². The van der Waals surface area contributed by atoms with Crippen molar-refractivity contribution in [3.8, 4) is 11.3 Å². The minimum atomic E-state index is -0.532. The maximum atomic E-state index is 12.6. The van der Waals surface area contributed by atoms with Gasteiger partial charge in [0.2, 0.25) is 0 Å². The van der Waals surface area contributed by atoms with Crippen LogP contribution in [0.25, 0.3) is 22.2 Å². The predicted molar refractivity (Wildman–Crippen MR) is 113 cm³/mol. The first-order chi connectivity index (χ1) is 14.3. The van der Waals surface area contributed by atoms with E-state index in [2.05, 4.69) is 10.3 Å². The lowest BCUT2D eigenvalue weighted by atomic mass is 10.1. The highest BCUT2D eigenvalue weighted by molar-refractivity contribution is 5.96. The number of carbonyl (C=O) groups excluding carboxylic acids is 2. The topological polar surface area (TPSA) is 84.7 Å². The number of nitrogens with one attached hydrogen (secondary N) is 1. The third kappa shape index (κ3) is 4.30. The van der Waals surface area contributed by atoms with Crippen LogP contribution in [0, 0.1) is 0 Å². The van der Waals surface area contributed by atoms with Crippen LogP contribution >= 0.6 is 0 Å². The number of furan rings is 1. The first kappa shape index (κ1) is 19.9. The average molecular weight is 407 g/mol. The molecule has 1 unspecified atom stereocenters. The molecule has 0 bridgehead atoms. The molecule has 2 amide bonds. The number of rotatable bonds is 3. The highest BCUT2D eigenvalue weighted by Gasteiger charge is 2.30. The van der Waals surface area contributed by atoms with Crippen LogP contribution in [0.5, 0.6) is 0 Å². The number of aromatic nitrogens is 1. The van der Waals surface area contributed by atoms with Gasteiger partial charge in [0.25, 0.3) is 5.91 Å². The van der Waals surface area contributed by atoms with Gasteiger partial charge in [-0.15, -0.1) is 0 Å². The van der Waals surface area contributed by atoms with Crippen molar-refractivity contribution >= 4 is 23.0 Å². The van der Waals surface area contributed by atoms with E-state index in [1.54, 1.807) is 29.5 Å². The van der Waals surface area contributed by atoms with Crippen LogP contribution in [0.4, 0.5) is 4.79 Å². The molecule has 0 aliphatic carbocycles. The third-order valence-corrected chi connectivity index (χ3v) is 4.98. The Labute approximate surface area is 175 Å². The van der Waals surface area contributed by atoms with Crippen LogP contribution in [0.1, 0.15) is 37.6 Å². The number of nitrogens with zero attached hydrogens (tertiary/aromatic N) is 2. The molecule has 0 radical (unpaired) electrons. The number of hydrogen-bond acceptors (Lipinski definition) is 5. The van der Waals surface area contributed by atoms with Crippen molar-refractivity contribution in [2.75, 3.05) is 13.1 Å². The number of pyridine rings is 1. The van der Waals surface area contributed by atoms with Gasteiger partial charge in [0.05, 0.1) is 12.0 Å². The molecule has 156 valence electrons. The minimum absolute atomic E-state index is 0.0916. The summed E-state index contributed by atoms with van der Waals surface area (Å²) in [6, 6.07) is 10.9. The Morgan fingerprint density at radius 2 is 1.93 bits per heavy atom. The van der Waals surface area contributed by atoms with Gasteiger partial charge in [0, 0.05) is 41.8 Å². The van der Waals surface area contributed by atoms with E-state index in [0.717, 1.165) is 22.2 Å². The average Bonchev–Trinajstić information content (AvgIpc) is 3.36. The largest absolute Gasteiger partial charge is 0.464 e. The van der Waals surface area contributed by atoms with Crippen molar-refractivity contribution in [3.63, 3.8) is 0 Å². The smallest absolute Gasteiger partial charge is 0.410 e. The van der Waals surface area contributed by atoms with Gasteiger partial charge in [-0.25, -0.2) is 4.79 Å². The van der Waals surface area contributed by atoms with Gasteiger partial charge < -0.3 is 19.4 Å². The number of likely N-dealkylation sites (tertiary alicyclic amines) is 1. The molecule has 1 fully saturated rings. The monoisotopic (exact) mass is 407 g/mol. The maximum Gasteiger partial charge on any atom is 0.410 e. The van der Waals surface area contributed by atoms with E-state index >= 15 is 0 Å². The normalized spacial score (nSPS) is 16.6. The molecule has 3 aromatic rings. The summed E-state index contributed by atoms with van der Waals surface area (Å²) in [6.07, 6.45) is 3.71. The van der Waals surface area contributed by atoms with Gasteiger partial charge in [-0.3, -0.25) is 9.78 Å².